The topological polar surface area (TPSA) is 72.7 Å². The molecule has 0 radical (unpaired) electrons. The number of halogens is 1. The summed E-state index contributed by atoms with van der Waals surface area (Å²) < 4.78 is 1.48. The van der Waals surface area contributed by atoms with Gasteiger partial charge in [-0.15, -0.1) is 5.10 Å². The summed E-state index contributed by atoms with van der Waals surface area (Å²) in [7, 11) is 0. The lowest BCUT2D eigenvalue weighted by Crippen LogP contribution is -2.34. The van der Waals surface area contributed by atoms with E-state index in [0.717, 1.165) is 11.1 Å². The van der Waals surface area contributed by atoms with Crippen LogP contribution < -0.4 is 5.32 Å². The highest BCUT2D eigenvalue weighted by Gasteiger charge is 2.22. The van der Waals surface area contributed by atoms with Gasteiger partial charge in [-0.2, -0.15) is 0 Å². The lowest BCUT2D eigenvalue weighted by molar-refractivity contribution is -0.124. The fourth-order valence-corrected chi connectivity index (χ4v) is 2.49. The first-order valence-corrected chi connectivity index (χ1v) is 7.89. The number of rotatable bonds is 6. The standard InChI is InChI=1S/C17H16ClN5O/c18-15-8-6-14(7-9-15)11-19-17(24)16(23-12-20-21-22-23)10-13-4-2-1-3-5-13/h1-9,12,16H,10-11H2,(H,19,24). The summed E-state index contributed by atoms with van der Waals surface area (Å²) in [6, 6.07) is 16.6. The van der Waals surface area contributed by atoms with Crippen LogP contribution in [0.5, 0.6) is 0 Å². The van der Waals surface area contributed by atoms with Crippen LogP contribution in [0, 0.1) is 0 Å². The van der Waals surface area contributed by atoms with E-state index in [2.05, 4.69) is 20.8 Å². The predicted octanol–water partition coefficient (Wildman–Crippen LogP) is 2.43. The Morgan fingerprint density at radius 3 is 2.50 bits per heavy atom. The molecule has 1 amide bonds. The molecule has 3 aromatic rings. The van der Waals surface area contributed by atoms with Crippen molar-refractivity contribution in [2.24, 2.45) is 0 Å². The number of hydrogen-bond acceptors (Lipinski definition) is 4. The van der Waals surface area contributed by atoms with E-state index in [1.54, 1.807) is 12.1 Å². The van der Waals surface area contributed by atoms with E-state index in [1.165, 1.54) is 11.0 Å². The van der Waals surface area contributed by atoms with Crippen LogP contribution in [0.4, 0.5) is 0 Å². The van der Waals surface area contributed by atoms with Gasteiger partial charge in [-0.25, -0.2) is 4.68 Å². The second-order valence-corrected chi connectivity index (χ2v) is 5.78. The van der Waals surface area contributed by atoms with Crippen LogP contribution in [0.1, 0.15) is 17.2 Å². The molecule has 1 unspecified atom stereocenters. The Morgan fingerprint density at radius 1 is 1.08 bits per heavy atom. The molecule has 1 aromatic heterocycles. The molecular weight excluding hydrogens is 326 g/mol. The third-order valence-electron chi connectivity index (χ3n) is 3.64. The summed E-state index contributed by atoms with van der Waals surface area (Å²) in [6.45, 7) is 0.420. The Morgan fingerprint density at radius 2 is 1.83 bits per heavy atom. The molecule has 24 heavy (non-hydrogen) atoms. The molecule has 1 heterocycles. The molecule has 7 heteroatoms. The smallest absolute Gasteiger partial charge is 0.245 e. The molecule has 122 valence electrons. The molecule has 0 aliphatic heterocycles. The van der Waals surface area contributed by atoms with Gasteiger partial charge < -0.3 is 5.32 Å². The first-order chi connectivity index (χ1) is 11.7. The average molecular weight is 342 g/mol. The van der Waals surface area contributed by atoms with Crippen molar-refractivity contribution in [3.05, 3.63) is 77.1 Å². The molecule has 0 aliphatic carbocycles. The zero-order valence-corrected chi connectivity index (χ0v) is 13.6. The quantitative estimate of drug-likeness (QED) is 0.747. The van der Waals surface area contributed by atoms with Gasteiger partial charge in [0.05, 0.1) is 0 Å². The van der Waals surface area contributed by atoms with Gasteiger partial charge in [0.1, 0.15) is 12.4 Å². The van der Waals surface area contributed by atoms with Crippen molar-refractivity contribution in [2.45, 2.75) is 19.0 Å². The van der Waals surface area contributed by atoms with E-state index in [9.17, 15) is 4.79 Å². The number of carbonyl (C=O) groups excluding carboxylic acids is 1. The van der Waals surface area contributed by atoms with Gasteiger partial charge >= 0.3 is 0 Å². The number of tetrazole rings is 1. The number of benzene rings is 2. The Kier molecular flexibility index (Phi) is 5.18. The lowest BCUT2D eigenvalue weighted by Gasteiger charge is -2.16. The largest absolute Gasteiger partial charge is 0.350 e. The summed E-state index contributed by atoms with van der Waals surface area (Å²) >= 11 is 5.87. The van der Waals surface area contributed by atoms with E-state index in [4.69, 9.17) is 11.6 Å². The van der Waals surface area contributed by atoms with Gasteiger partial charge in [0, 0.05) is 18.0 Å². The van der Waals surface area contributed by atoms with Crippen LogP contribution in [-0.4, -0.2) is 26.1 Å². The maximum atomic E-state index is 12.6. The molecule has 0 bridgehead atoms. The molecule has 0 saturated carbocycles. The van der Waals surface area contributed by atoms with Gasteiger partial charge in [-0.05, 0) is 33.7 Å². The van der Waals surface area contributed by atoms with Crippen molar-refractivity contribution >= 4 is 17.5 Å². The number of amides is 1. The van der Waals surface area contributed by atoms with Crippen molar-refractivity contribution in [1.82, 2.24) is 25.5 Å². The maximum absolute atomic E-state index is 12.6. The van der Waals surface area contributed by atoms with Gasteiger partial charge in [0.15, 0.2) is 0 Å². The lowest BCUT2D eigenvalue weighted by atomic mass is 10.1. The zero-order chi connectivity index (χ0) is 16.8. The van der Waals surface area contributed by atoms with Crippen LogP contribution in [0.25, 0.3) is 0 Å². The Labute approximate surface area is 144 Å². The normalized spacial score (nSPS) is 11.9. The molecule has 2 aromatic carbocycles. The molecule has 0 saturated heterocycles. The second-order valence-electron chi connectivity index (χ2n) is 5.34. The monoisotopic (exact) mass is 341 g/mol. The van der Waals surface area contributed by atoms with E-state index in [1.807, 2.05) is 42.5 Å². The molecule has 1 atom stereocenters. The number of nitrogens with zero attached hydrogens (tertiary/aromatic N) is 4. The molecular formula is C17H16ClN5O. The average Bonchev–Trinajstić information content (AvgIpc) is 3.14. The second kappa shape index (κ2) is 7.70. The maximum Gasteiger partial charge on any atom is 0.245 e. The molecule has 6 nitrogen and oxygen atoms in total. The van der Waals surface area contributed by atoms with Crippen molar-refractivity contribution in [2.75, 3.05) is 0 Å². The summed E-state index contributed by atoms with van der Waals surface area (Å²) in [5, 5.41) is 14.7. The third-order valence-corrected chi connectivity index (χ3v) is 3.89. The molecule has 0 aliphatic rings. The number of carbonyl (C=O) groups is 1. The highest BCUT2D eigenvalue weighted by Crippen LogP contribution is 2.14. The highest BCUT2D eigenvalue weighted by atomic mass is 35.5. The van der Waals surface area contributed by atoms with Crippen LogP contribution in [-0.2, 0) is 17.8 Å². The van der Waals surface area contributed by atoms with Crippen molar-refractivity contribution in [3.8, 4) is 0 Å². The Balaban J connectivity index is 1.70. The van der Waals surface area contributed by atoms with Crippen LogP contribution in [0.15, 0.2) is 60.9 Å². The minimum absolute atomic E-state index is 0.138. The zero-order valence-electron chi connectivity index (χ0n) is 12.8. The molecule has 1 N–H and O–H groups in total. The predicted molar refractivity (Wildman–Crippen MR) is 90.3 cm³/mol. The molecule has 3 rings (SSSR count). The van der Waals surface area contributed by atoms with Crippen molar-refractivity contribution in [3.63, 3.8) is 0 Å². The summed E-state index contributed by atoms with van der Waals surface area (Å²) in [4.78, 5) is 12.6. The van der Waals surface area contributed by atoms with Crippen LogP contribution >= 0.6 is 11.6 Å². The third kappa shape index (κ3) is 4.17. The SMILES string of the molecule is O=C(NCc1ccc(Cl)cc1)C(Cc1ccccc1)n1cnnn1. The summed E-state index contributed by atoms with van der Waals surface area (Å²) in [5.74, 6) is -0.138. The number of aromatic nitrogens is 4. The van der Waals surface area contributed by atoms with E-state index >= 15 is 0 Å². The minimum Gasteiger partial charge on any atom is -0.350 e. The van der Waals surface area contributed by atoms with Crippen molar-refractivity contribution < 1.29 is 4.79 Å². The van der Waals surface area contributed by atoms with Gasteiger partial charge in [0.2, 0.25) is 5.91 Å². The Hall–Kier alpha value is -2.73. The van der Waals surface area contributed by atoms with Gasteiger partial charge in [-0.1, -0.05) is 54.1 Å². The van der Waals surface area contributed by atoms with Crippen LogP contribution in [0.2, 0.25) is 5.02 Å². The number of hydrogen-bond donors (Lipinski definition) is 1. The van der Waals surface area contributed by atoms with E-state index in [0.29, 0.717) is 18.0 Å². The molecule has 0 spiro atoms. The van der Waals surface area contributed by atoms with Crippen molar-refractivity contribution in [1.29, 1.82) is 0 Å². The minimum atomic E-state index is -0.505. The first-order valence-electron chi connectivity index (χ1n) is 7.51. The number of nitrogens with one attached hydrogen (secondary N) is 1. The summed E-state index contributed by atoms with van der Waals surface area (Å²) in [5.41, 5.74) is 2.02. The van der Waals surface area contributed by atoms with E-state index < -0.39 is 6.04 Å². The highest BCUT2D eigenvalue weighted by molar-refractivity contribution is 6.30. The van der Waals surface area contributed by atoms with Crippen LogP contribution in [0.3, 0.4) is 0 Å². The Bertz CT molecular complexity index is 775. The van der Waals surface area contributed by atoms with E-state index in [-0.39, 0.29) is 5.91 Å². The van der Waals surface area contributed by atoms with Gasteiger partial charge in [-0.3, -0.25) is 4.79 Å². The summed E-state index contributed by atoms with van der Waals surface area (Å²) in [6.07, 6.45) is 1.97. The molecule has 0 fully saturated rings. The first kappa shape index (κ1) is 16.1. The fourth-order valence-electron chi connectivity index (χ4n) is 2.36. The van der Waals surface area contributed by atoms with Gasteiger partial charge in [0.25, 0.3) is 0 Å². The fraction of sp³-hybridized carbons (Fsp3) is 0.176.